The Labute approximate surface area is 126 Å². The molecule has 0 radical (unpaired) electrons. The largest absolute Gasteiger partial charge is 0.308 e. The average Bonchev–Trinajstić information content (AvgIpc) is 2.73. The summed E-state index contributed by atoms with van der Waals surface area (Å²) in [4.78, 5) is 5.05. The maximum absolute atomic E-state index is 3.70. The quantitative estimate of drug-likeness (QED) is 0.870. The first-order chi connectivity index (χ1) is 9.56. The normalized spacial score (nSPS) is 12.8. The molecule has 20 heavy (non-hydrogen) atoms. The average molecular weight is 288 g/mol. The highest BCUT2D eigenvalue weighted by molar-refractivity contribution is 7.12. The predicted molar refractivity (Wildman–Crippen MR) is 88.4 cm³/mol. The molecule has 0 bridgehead atoms. The van der Waals surface area contributed by atoms with E-state index in [2.05, 4.69) is 74.6 Å². The van der Waals surface area contributed by atoms with Gasteiger partial charge in [-0.3, -0.25) is 0 Å². The molecule has 1 atom stereocenters. The summed E-state index contributed by atoms with van der Waals surface area (Å²) in [5.41, 5.74) is 2.78. The third-order valence-electron chi connectivity index (χ3n) is 3.43. The zero-order valence-electron chi connectivity index (χ0n) is 12.8. The second kappa shape index (κ2) is 7.02. The van der Waals surface area contributed by atoms with Crippen molar-refractivity contribution < 1.29 is 0 Å². The van der Waals surface area contributed by atoms with Crippen LogP contribution >= 0.6 is 11.3 Å². The maximum atomic E-state index is 3.70. The Morgan fingerprint density at radius 3 is 2.40 bits per heavy atom. The Morgan fingerprint density at radius 2 is 1.85 bits per heavy atom. The van der Waals surface area contributed by atoms with E-state index in [4.69, 9.17) is 0 Å². The Bertz CT molecular complexity index is 531. The van der Waals surface area contributed by atoms with Crippen molar-refractivity contribution in [3.8, 4) is 0 Å². The molecule has 1 aromatic carbocycles. The molecule has 3 heteroatoms. The van der Waals surface area contributed by atoms with Crippen LogP contribution in [-0.2, 0) is 6.54 Å². The summed E-state index contributed by atoms with van der Waals surface area (Å²) in [5, 5.41) is 3.70. The van der Waals surface area contributed by atoms with Gasteiger partial charge in [0.1, 0.15) is 0 Å². The van der Waals surface area contributed by atoms with E-state index in [0.29, 0.717) is 6.04 Å². The van der Waals surface area contributed by atoms with Gasteiger partial charge < -0.3 is 10.2 Å². The van der Waals surface area contributed by atoms with Crippen LogP contribution in [0.15, 0.2) is 36.4 Å². The summed E-state index contributed by atoms with van der Waals surface area (Å²) in [7, 11) is 4.25. The first kappa shape index (κ1) is 15.2. The van der Waals surface area contributed by atoms with Gasteiger partial charge in [-0.15, -0.1) is 11.3 Å². The lowest BCUT2D eigenvalue weighted by atomic mass is 10.1. The summed E-state index contributed by atoms with van der Waals surface area (Å²) >= 11 is 1.88. The molecule has 0 aliphatic carbocycles. The highest BCUT2D eigenvalue weighted by atomic mass is 32.1. The van der Waals surface area contributed by atoms with Gasteiger partial charge in [0.15, 0.2) is 0 Å². The van der Waals surface area contributed by atoms with Gasteiger partial charge in [0.25, 0.3) is 0 Å². The monoisotopic (exact) mass is 288 g/mol. The van der Waals surface area contributed by atoms with Crippen molar-refractivity contribution in [3.63, 3.8) is 0 Å². The van der Waals surface area contributed by atoms with Crippen molar-refractivity contribution in [3.05, 3.63) is 57.3 Å². The molecule has 2 rings (SSSR count). The Kier molecular flexibility index (Phi) is 5.35. The van der Waals surface area contributed by atoms with Gasteiger partial charge in [0, 0.05) is 28.9 Å². The van der Waals surface area contributed by atoms with Crippen molar-refractivity contribution in [2.75, 3.05) is 20.6 Å². The molecule has 0 spiro atoms. The number of rotatable bonds is 6. The molecule has 2 aromatic rings. The molecule has 0 saturated heterocycles. The Hall–Kier alpha value is -1.16. The first-order valence-electron chi connectivity index (χ1n) is 7.05. The van der Waals surface area contributed by atoms with Crippen LogP contribution in [0.3, 0.4) is 0 Å². The third-order valence-corrected chi connectivity index (χ3v) is 4.44. The van der Waals surface area contributed by atoms with Gasteiger partial charge in [-0.2, -0.15) is 0 Å². The molecule has 0 aliphatic rings. The molecule has 1 heterocycles. The minimum absolute atomic E-state index is 0.366. The van der Waals surface area contributed by atoms with Crippen molar-refractivity contribution in [2.24, 2.45) is 0 Å². The molecule has 0 amide bonds. The van der Waals surface area contributed by atoms with Crippen molar-refractivity contribution in [1.29, 1.82) is 0 Å². The van der Waals surface area contributed by atoms with Gasteiger partial charge >= 0.3 is 0 Å². The summed E-state index contributed by atoms with van der Waals surface area (Å²) in [5.74, 6) is 0. The van der Waals surface area contributed by atoms with E-state index < -0.39 is 0 Å². The lowest BCUT2D eigenvalue weighted by Crippen LogP contribution is -2.30. The second-order valence-corrected chi connectivity index (χ2v) is 7.01. The fourth-order valence-electron chi connectivity index (χ4n) is 2.43. The van der Waals surface area contributed by atoms with Crippen LogP contribution in [0.4, 0.5) is 0 Å². The number of hydrogen-bond donors (Lipinski definition) is 1. The number of hydrogen-bond acceptors (Lipinski definition) is 3. The van der Waals surface area contributed by atoms with E-state index in [1.165, 1.54) is 20.9 Å². The fraction of sp³-hybridized carbons (Fsp3) is 0.412. The van der Waals surface area contributed by atoms with Gasteiger partial charge in [0.05, 0.1) is 0 Å². The molecule has 0 fully saturated rings. The zero-order chi connectivity index (χ0) is 14.5. The number of aryl methyl sites for hydroxylation is 2. The van der Waals surface area contributed by atoms with Crippen LogP contribution in [0, 0.1) is 13.8 Å². The SMILES string of the molecule is Cc1cc(CNC(CN(C)C)c2ccccc2)c(C)s1. The number of thiophene rings is 1. The molecule has 108 valence electrons. The lowest BCUT2D eigenvalue weighted by Gasteiger charge is -2.23. The van der Waals surface area contributed by atoms with E-state index in [1.807, 2.05) is 11.3 Å². The van der Waals surface area contributed by atoms with Gasteiger partial charge in [-0.25, -0.2) is 0 Å². The van der Waals surface area contributed by atoms with Crippen LogP contribution in [0.5, 0.6) is 0 Å². The third kappa shape index (κ3) is 4.17. The molecular formula is C17H24N2S. The van der Waals surface area contributed by atoms with E-state index in [9.17, 15) is 0 Å². The minimum Gasteiger partial charge on any atom is -0.308 e. The van der Waals surface area contributed by atoms with Gasteiger partial charge in [-0.05, 0) is 45.1 Å². The lowest BCUT2D eigenvalue weighted by molar-refractivity contribution is 0.340. The number of nitrogens with zero attached hydrogens (tertiary/aromatic N) is 1. The standard InChI is InChI=1S/C17H24N2S/c1-13-10-16(14(2)20-13)11-18-17(12-19(3)4)15-8-6-5-7-9-15/h5-10,17-18H,11-12H2,1-4H3. The predicted octanol–water partition coefficient (Wildman–Crippen LogP) is 3.76. The summed E-state index contributed by atoms with van der Waals surface area (Å²) < 4.78 is 0. The molecule has 1 N–H and O–H groups in total. The summed E-state index contributed by atoms with van der Waals surface area (Å²) in [6, 6.07) is 13.4. The van der Waals surface area contributed by atoms with Gasteiger partial charge in [0.2, 0.25) is 0 Å². The van der Waals surface area contributed by atoms with Crippen molar-refractivity contribution in [2.45, 2.75) is 26.4 Å². The topological polar surface area (TPSA) is 15.3 Å². The highest BCUT2D eigenvalue weighted by Crippen LogP contribution is 2.22. The molecular weight excluding hydrogens is 264 g/mol. The van der Waals surface area contributed by atoms with Crippen LogP contribution in [0.25, 0.3) is 0 Å². The van der Waals surface area contributed by atoms with Crippen molar-refractivity contribution in [1.82, 2.24) is 10.2 Å². The molecule has 2 nitrogen and oxygen atoms in total. The fourth-order valence-corrected chi connectivity index (χ4v) is 3.38. The maximum Gasteiger partial charge on any atom is 0.0451 e. The smallest absolute Gasteiger partial charge is 0.0451 e. The Balaban J connectivity index is 2.07. The van der Waals surface area contributed by atoms with Crippen LogP contribution in [-0.4, -0.2) is 25.5 Å². The van der Waals surface area contributed by atoms with E-state index in [1.54, 1.807) is 0 Å². The molecule has 0 saturated carbocycles. The van der Waals surface area contributed by atoms with Crippen LogP contribution in [0.2, 0.25) is 0 Å². The molecule has 0 aliphatic heterocycles. The van der Waals surface area contributed by atoms with E-state index in [-0.39, 0.29) is 0 Å². The highest BCUT2D eigenvalue weighted by Gasteiger charge is 2.12. The van der Waals surface area contributed by atoms with E-state index >= 15 is 0 Å². The summed E-state index contributed by atoms with van der Waals surface area (Å²) in [6.45, 7) is 6.32. The number of benzene rings is 1. The van der Waals surface area contributed by atoms with Crippen LogP contribution in [0.1, 0.15) is 26.9 Å². The molecule has 1 aromatic heterocycles. The first-order valence-corrected chi connectivity index (χ1v) is 7.87. The number of likely N-dealkylation sites (N-methyl/N-ethyl adjacent to an activating group) is 1. The Morgan fingerprint density at radius 1 is 1.15 bits per heavy atom. The van der Waals surface area contributed by atoms with Crippen LogP contribution < -0.4 is 5.32 Å². The molecule has 1 unspecified atom stereocenters. The second-order valence-electron chi connectivity index (χ2n) is 5.54. The van der Waals surface area contributed by atoms with E-state index in [0.717, 1.165) is 13.1 Å². The number of nitrogens with one attached hydrogen (secondary N) is 1. The minimum atomic E-state index is 0.366. The van der Waals surface area contributed by atoms with Crippen molar-refractivity contribution >= 4 is 11.3 Å². The van der Waals surface area contributed by atoms with Gasteiger partial charge in [-0.1, -0.05) is 30.3 Å². The summed E-state index contributed by atoms with van der Waals surface area (Å²) in [6.07, 6.45) is 0. The zero-order valence-corrected chi connectivity index (χ0v) is 13.6.